The first kappa shape index (κ1) is 18.5. The third-order valence-corrected chi connectivity index (χ3v) is 5.58. The van der Waals surface area contributed by atoms with Crippen molar-refractivity contribution < 1.29 is 8.42 Å². The normalized spacial score (nSPS) is 13.6. The largest absolute Gasteiger partial charge is 0.310 e. The summed E-state index contributed by atoms with van der Waals surface area (Å²) >= 11 is 1.73. The third kappa shape index (κ3) is 6.82. The first-order valence-electron chi connectivity index (χ1n) is 7.27. The fraction of sp³-hybridized carbons (Fsp3) is 0.600. The molecule has 0 radical (unpaired) electrons. The van der Waals surface area contributed by atoms with Crippen LogP contribution in [0.4, 0.5) is 0 Å². The van der Waals surface area contributed by atoms with E-state index in [0.29, 0.717) is 17.5 Å². The van der Waals surface area contributed by atoms with E-state index in [-0.39, 0.29) is 6.04 Å². The molecule has 0 saturated carbocycles. The summed E-state index contributed by atoms with van der Waals surface area (Å²) in [5, 5.41) is 3.29. The van der Waals surface area contributed by atoms with E-state index in [1.165, 1.54) is 0 Å². The van der Waals surface area contributed by atoms with Crippen LogP contribution in [0.2, 0.25) is 0 Å². The van der Waals surface area contributed by atoms with Crippen molar-refractivity contribution >= 4 is 21.8 Å². The highest BCUT2D eigenvalue weighted by molar-refractivity contribution is 7.99. The number of hydrogen-bond donors (Lipinski definition) is 2. The summed E-state index contributed by atoms with van der Waals surface area (Å²) in [6.45, 7) is 8.76. The molecule has 1 rings (SSSR count). The lowest BCUT2D eigenvalue weighted by Gasteiger charge is -2.14. The minimum absolute atomic E-state index is 0.0719. The Bertz CT molecular complexity index is 530. The molecular formula is C15H26N2O2S2. The van der Waals surface area contributed by atoms with Gasteiger partial charge in [-0.2, -0.15) is 11.8 Å². The fourth-order valence-electron chi connectivity index (χ4n) is 1.81. The Labute approximate surface area is 133 Å². The van der Waals surface area contributed by atoms with Crippen molar-refractivity contribution in [3.05, 3.63) is 29.8 Å². The van der Waals surface area contributed by atoms with Crippen LogP contribution in [0.5, 0.6) is 0 Å². The minimum Gasteiger partial charge on any atom is -0.310 e. The summed E-state index contributed by atoms with van der Waals surface area (Å²) in [6.07, 6.45) is 0. The van der Waals surface area contributed by atoms with Crippen molar-refractivity contribution in [2.24, 2.45) is 0 Å². The number of thioether (sulfide) groups is 1. The van der Waals surface area contributed by atoms with Gasteiger partial charge in [0, 0.05) is 24.4 Å². The van der Waals surface area contributed by atoms with Gasteiger partial charge in [0.1, 0.15) is 0 Å². The summed E-state index contributed by atoms with van der Waals surface area (Å²) in [7, 11) is -3.44. The van der Waals surface area contributed by atoms with E-state index in [9.17, 15) is 8.42 Å². The van der Waals surface area contributed by atoms with Crippen molar-refractivity contribution in [1.29, 1.82) is 0 Å². The van der Waals surface area contributed by atoms with E-state index in [2.05, 4.69) is 30.8 Å². The van der Waals surface area contributed by atoms with Gasteiger partial charge in [0.15, 0.2) is 0 Å². The molecule has 21 heavy (non-hydrogen) atoms. The highest BCUT2D eigenvalue weighted by Gasteiger charge is 2.17. The van der Waals surface area contributed by atoms with E-state index in [1.807, 2.05) is 13.0 Å². The van der Waals surface area contributed by atoms with Crippen LogP contribution in [-0.2, 0) is 16.6 Å². The predicted octanol–water partition coefficient (Wildman–Crippen LogP) is 2.60. The molecule has 0 spiro atoms. The Hall–Kier alpha value is -0.560. The smallest absolute Gasteiger partial charge is 0.240 e. The van der Waals surface area contributed by atoms with Crippen LogP contribution in [0.3, 0.4) is 0 Å². The van der Waals surface area contributed by atoms with E-state index in [4.69, 9.17) is 0 Å². The van der Waals surface area contributed by atoms with Gasteiger partial charge in [-0.3, -0.25) is 0 Å². The zero-order valence-corrected chi connectivity index (χ0v) is 14.9. The quantitative estimate of drug-likeness (QED) is 0.731. The van der Waals surface area contributed by atoms with Gasteiger partial charge in [0.25, 0.3) is 0 Å². The topological polar surface area (TPSA) is 58.2 Å². The number of nitrogens with one attached hydrogen (secondary N) is 2. The van der Waals surface area contributed by atoms with Crippen LogP contribution in [-0.4, -0.2) is 32.0 Å². The first-order chi connectivity index (χ1) is 9.85. The lowest BCUT2D eigenvalue weighted by Crippen LogP contribution is -2.34. The molecular weight excluding hydrogens is 304 g/mol. The summed E-state index contributed by atoms with van der Waals surface area (Å²) in [5.74, 6) is 1.77. The molecule has 1 atom stereocenters. The molecule has 1 aromatic carbocycles. The molecule has 2 N–H and O–H groups in total. The minimum atomic E-state index is -3.44. The second-order valence-electron chi connectivity index (χ2n) is 5.36. The molecule has 0 aliphatic heterocycles. The zero-order valence-electron chi connectivity index (χ0n) is 13.2. The Kier molecular flexibility index (Phi) is 7.73. The predicted molar refractivity (Wildman–Crippen MR) is 91.2 cm³/mol. The molecule has 6 heteroatoms. The molecule has 0 aromatic heterocycles. The van der Waals surface area contributed by atoms with E-state index in [1.54, 1.807) is 30.0 Å². The molecule has 0 fully saturated rings. The van der Waals surface area contributed by atoms with Crippen molar-refractivity contribution in [3.8, 4) is 0 Å². The molecule has 1 unspecified atom stereocenters. The van der Waals surface area contributed by atoms with Crippen LogP contribution in [0.15, 0.2) is 29.2 Å². The number of hydrogen-bond acceptors (Lipinski definition) is 4. The van der Waals surface area contributed by atoms with Gasteiger partial charge < -0.3 is 5.32 Å². The Morgan fingerprint density at radius 3 is 2.57 bits per heavy atom. The van der Waals surface area contributed by atoms with Gasteiger partial charge >= 0.3 is 0 Å². The van der Waals surface area contributed by atoms with Gasteiger partial charge in [-0.25, -0.2) is 13.1 Å². The summed E-state index contributed by atoms with van der Waals surface area (Å²) in [5.41, 5.74) is 0.974. The third-order valence-electron chi connectivity index (χ3n) is 2.85. The van der Waals surface area contributed by atoms with E-state index >= 15 is 0 Å². The molecule has 0 amide bonds. The van der Waals surface area contributed by atoms with E-state index < -0.39 is 10.0 Å². The van der Waals surface area contributed by atoms with Crippen molar-refractivity contribution in [2.45, 2.75) is 51.2 Å². The first-order valence-corrected chi connectivity index (χ1v) is 9.91. The van der Waals surface area contributed by atoms with Crippen LogP contribution in [0.25, 0.3) is 0 Å². The summed E-state index contributed by atoms with van der Waals surface area (Å²) in [6, 6.07) is 7.40. The molecule has 0 heterocycles. The maximum atomic E-state index is 12.4. The highest BCUT2D eigenvalue weighted by atomic mass is 32.2. The average Bonchev–Trinajstić information content (AvgIpc) is 2.43. The molecule has 0 bridgehead atoms. The average molecular weight is 331 g/mol. The molecule has 0 aliphatic carbocycles. The van der Waals surface area contributed by atoms with Gasteiger partial charge in [-0.1, -0.05) is 32.9 Å². The second-order valence-corrected chi connectivity index (χ2v) is 8.40. The molecule has 4 nitrogen and oxygen atoms in total. The van der Waals surface area contributed by atoms with Crippen molar-refractivity contribution in [2.75, 3.05) is 11.5 Å². The lowest BCUT2D eigenvalue weighted by molar-refractivity contribution is 0.570. The Morgan fingerprint density at radius 1 is 1.24 bits per heavy atom. The maximum absolute atomic E-state index is 12.4. The Morgan fingerprint density at radius 2 is 1.95 bits per heavy atom. The summed E-state index contributed by atoms with van der Waals surface area (Å²) in [4.78, 5) is 0.332. The van der Waals surface area contributed by atoms with E-state index in [0.717, 1.165) is 17.1 Å². The second kappa shape index (κ2) is 8.78. The number of rotatable bonds is 9. The number of sulfonamides is 1. The number of benzene rings is 1. The maximum Gasteiger partial charge on any atom is 0.240 e. The van der Waals surface area contributed by atoms with Crippen LogP contribution in [0.1, 0.15) is 33.3 Å². The molecule has 1 aromatic rings. The molecule has 120 valence electrons. The molecule has 0 saturated heterocycles. The highest BCUT2D eigenvalue weighted by Crippen LogP contribution is 2.13. The fourth-order valence-corrected chi connectivity index (χ4v) is 3.90. The summed E-state index contributed by atoms with van der Waals surface area (Å²) < 4.78 is 27.4. The van der Waals surface area contributed by atoms with Gasteiger partial charge in [0.2, 0.25) is 10.0 Å². The van der Waals surface area contributed by atoms with Gasteiger partial charge in [-0.05, 0) is 30.4 Å². The zero-order chi connectivity index (χ0) is 15.9. The van der Waals surface area contributed by atoms with Crippen LogP contribution < -0.4 is 10.0 Å². The van der Waals surface area contributed by atoms with Crippen LogP contribution >= 0.6 is 11.8 Å². The standard InChI is InChI=1S/C15H26N2O2S2/c1-5-20-11-13(4)17-21(18,19)15-8-6-7-14(9-15)10-16-12(2)3/h6-9,12-13,16-17H,5,10-11H2,1-4H3. The van der Waals surface area contributed by atoms with Crippen molar-refractivity contribution in [3.63, 3.8) is 0 Å². The van der Waals surface area contributed by atoms with Gasteiger partial charge in [-0.15, -0.1) is 0 Å². The van der Waals surface area contributed by atoms with Crippen molar-refractivity contribution in [1.82, 2.24) is 10.0 Å². The van der Waals surface area contributed by atoms with Crippen LogP contribution in [0, 0.1) is 0 Å². The Balaban J connectivity index is 2.76. The molecule has 0 aliphatic rings. The van der Waals surface area contributed by atoms with Gasteiger partial charge in [0.05, 0.1) is 4.90 Å². The SMILES string of the molecule is CCSCC(C)NS(=O)(=O)c1cccc(CNC(C)C)c1. The lowest BCUT2D eigenvalue weighted by atomic mass is 10.2. The monoisotopic (exact) mass is 330 g/mol.